The molecule has 6 heteroatoms. The molecule has 0 aliphatic carbocycles. The second kappa shape index (κ2) is 6.41. The number of hydrogen-bond donors (Lipinski definition) is 0. The van der Waals surface area contributed by atoms with Crippen LogP contribution in [0.1, 0.15) is 27.7 Å². The maximum atomic E-state index is 6.18. The number of rotatable bonds is 5. The van der Waals surface area contributed by atoms with E-state index in [0.29, 0.717) is 17.4 Å². The molecule has 0 saturated carbocycles. The fourth-order valence-corrected chi connectivity index (χ4v) is 2.41. The molecule has 0 bridgehead atoms. The Morgan fingerprint density at radius 1 is 1.19 bits per heavy atom. The molecule has 3 nitrogen and oxygen atoms in total. The van der Waals surface area contributed by atoms with E-state index in [2.05, 4.69) is 0 Å². The Morgan fingerprint density at radius 3 is 2.38 bits per heavy atom. The van der Waals surface area contributed by atoms with E-state index < -0.39 is 7.12 Å². The molecule has 0 N–H and O–H groups in total. The number of ether oxygens (including phenoxy) is 1. The standard InChI is InChI=1S/C15H22BClO3S/c1-14(2)15(3,4)20-16(19-14)11-6-7-12(17)13(10-11)18-8-9-21-5/h6-7,10H,8-9H2,1-5H3. The van der Waals surface area contributed by atoms with Gasteiger partial charge in [-0.15, -0.1) is 0 Å². The van der Waals surface area contributed by atoms with Crippen molar-refractivity contribution in [3.8, 4) is 5.75 Å². The molecule has 1 aliphatic rings. The average molecular weight is 329 g/mol. The van der Waals surface area contributed by atoms with Crippen molar-refractivity contribution >= 4 is 35.9 Å². The van der Waals surface area contributed by atoms with Crippen LogP contribution >= 0.6 is 23.4 Å². The van der Waals surface area contributed by atoms with Crippen LogP contribution in [-0.4, -0.2) is 36.9 Å². The van der Waals surface area contributed by atoms with Crippen molar-refractivity contribution < 1.29 is 14.0 Å². The third kappa shape index (κ3) is 3.70. The molecule has 1 aliphatic heterocycles. The van der Waals surface area contributed by atoms with Crippen molar-refractivity contribution in [1.82, 2.24) is 0 Å². The lowest BCUT2D eigenvalue weighted by Gasteiger charge is -2.32. The molecule has 0 unspecified atom stereocenters. The number of thioether (sulfide) groups is 1. The van der Waals surface area contributed by atoms with Gasteiger partial charge in [0.1, 0.15) is 5.75 Å². The Kier molecular flexibility index (Phi) is 5.19. The molecule has 0 radical (unpaired) electrons. The highest BCUT2D eigenvalue weighted by atomic mass is 35.5. The Morgan fingerprint density at radius 2 is 1.81 bits per heavy atom. The van der Waals surface area contributed by atoms with Crippen LogP contribution < -0.4 is 10.2 Å². The van der Waals surface area contributed by atoms with Gasteiger partial charge in [-0.25, -0.2) is 0 Å². The SMILES string of the molecule is CSCCOc1cc(B2OC(C)(C)C(C)(C)O2)ccc1Cl. The smallest absolute Gasteiger partial charge is 0.491 e. The predicted octanol–water partition coefficient (Wildman–Crippen LogP) is 3.38. The zero-order valence-corrected chi connectivity index (χ0v) is 14.8. The summed E-state index contributed by atoms with van der Waals surface area (Å²) >= 11 is 7.92. The molecule has 2 rings (SSSR count). The predicted molar refractivity (Wildman–Crippen MR) is 91.0 cm³/mol. The van der Waals surface area contributed by atoms with Gasteiger partial charge in [0.25, 0.3) is 0 Å². The third-order valence-electron chi connectivity index (χ3n) is 4.03. The third-order valence-corrected chi connectivity index (χ3v) is 4.91. The highest BCUT2D eigenvalue weighted by molar-refractivity contribution is 7.98. The van der Waals surface area contributed by atoms with Gasteiger partial charge in [0.05, 0.1) is 22.8 Å². The first-order chi connectivity index (χ1) is 9.77. The molecular formula is C15H22BClO3S. The monoisotopic (exact) mass is 328 g/mol. The van der Waals surface area contributed by atoms with Crippen LogP contribution in [0.2, 0.25) is 5.02 Å². The van der Waals surface area contributed by atoms with Crippen LogP contribution in [0.3, 0.4) is 0 Å². The molecule has 0 aromatic heterocycles. The minimum atomic E-state index is -0.393. The van der Waals surface area contributed by atoms with Gasteiger partial charge in [-0.1, -0.05) is 17.7 Å². The zero-order valence-electron chi connectivity index (χ0n) is 13.2. The summed E-state index contributed by atoms with van der Waals surface area (Å²) < 4.78 is 17.8. The summed E-state index contributed by atoms with van der Waals surface area (Å²) in [5, 5.41) is 0.608. The maximum Gasteiger partial charge on any atom is 0.494 e. The zero-order chi connectivity index (χ0) is 15.7. The minimum Gasteiger partial charge on any atom is -0.491 e. The molecule has 1 heterocycles. The van der Waals surface area contributed by atoms with E-state index in [9.17, 15) is 0 Å². The van der Waals surface area contributed by atoms with Gasteiger partial charge in [0, 0.05) is 5.75 Å². The first-order valence-electron chi connectivity index (χ1n) is 7.04. The molecule has 1 fully saturated rings. The summed E-state index contributed by atoms with van der Waals surface area (Å²) in [5.74, 6) is 1.61. The van der Waals surface area contributed by atoms with Crippen LogP contribution in [0.4, 0.5) is 0 Å². The topological polar surface area (TPSA) is 27.7 Å². The lowest BCUT2D eigenvalue weighted by Crippen LogP contribution is -2.41. The van der Waals surface area contributed by atoms with Crippen LogP contribution in [0.25, 0.3) is 0 Å². The fraction of sp³-hybridized carbons (Fsp3) is 0.600. The Balaban J connectivity index is 2.16. The van der Waals surface area contributed by atoms with Crippen molar-refractivity contribution in [3.63, 3.8) is 0 Å². The number of halogens is 1. The van der Waals surface area contributed by atoms with Gasteiger partial charge in [0.15, 0.2) is 0 Å². The van der Waals surface area contributed by atoms with E-state index in [-0.39, 0.29) is 11.2 Å². The molecule has 0 spiro atoms. The van der Waals surface area contributed by atoms with Gasteiger partial charge in [0.2, 0.25) is 0 Å². The molecule has 1 aromatic carbocycles. The summed E-state index contributed by atoms with van der Waals surface area (Å²) in [7, 11) is -0.393. The Bertz CT molecular complexity index is 492. The normalized spacial score (nSPS) is 19.8. The van der Waals surface area contributed by atoms with E-state index in [1.807, 2.05) is 52.1 Å². The summed E-state index contributed by atoms with van der Waals surface area (Å²) in [6, 6.07) is 5.66. The molecule has 21 heavy (non-hydrogen) atoms. The van der Waals surface area contributed by atoms with Crippen molar-refractivity contribution in [2.75, 3.05) is 18.6 Å². The highest BCUT2D eigenvalue weighted by Crippen LogP contribution is 2.37. The van der Waals surface area contributed by atoms with Crippen LogP contribution in [-0.2, 0) is 9.31 Å². The maximum absolute atomic E-state index is 6.18. The fourth-order valence-electron chi connectivity index (χ4n) is 1.99. The molecule has 0 atom stereocenters. The van der Waals surface area contributed by atoms with E-state index in [1.54, 1.807) is 11.8 Å². The second-order valence-corrected chi connectivity index (χ2v) is 7.51. The summed E-state index contributed by atoms with van der Waals surface area (Å²) in [6.45, 7) is 8.79. The number of hydrogen-bond acceptors (Lipinski definition) is 4. The molecular weight excluding hydrogens is 306 g/mol. The highest BCUT2D eigenvalue weighted by Gasteiger charge is 2.51. The van der Waals surface area contributed by atoms with E-state index in [1.165, 1.54) is 0 Å². The first-order valence-corrected chi connectivity index (χ1v) is 8.81. The lowest BCUT2D eigenvalue weighted by molar-refractivity contribution is 0.00578. The first kappa shape index (κ1) is 17.0. The molecule has 116 valence electrons. The summed E-state index contributed by atoms with van der Waals surface area (Å²) in [4.78, 5) is 0. The van der Waals surface area contributed by atoms with Gasteiger partial charge >= 0.3 is 7.12 Å². The van der Waals surface area contributed by atoms with Crippen LogP contribution in [0.5, 0.6) is 5.75 Å². The van der Waals surface area contributed by atoms with E-state index in [0.717, 1.165) is 11.2 Å². The van der Waals surface area contributed by atoms with Gasteiger partial charge in [-0.05, 0) is 51.5 Å². The van der Waals surface area contributed by atoms with Crippen molar-refractivity contribution in [1.29, 1.82) is 0 Å². The van der Waals surface area contributed by atoms with Crippen molar-refractivity contribution in [2.45, 2.75) is 38.9 Å². The molecule has 1 aromatic rings. The molecule has 1 saturated heterocycles. The quantitative estimate of drug-likeness (QED) is 0.612. The van der Waals surface area contributed by atoms with Gasteiger partial charge in [-0.2, -0.15) is 11.8 Å². The van der Waals surface area contributed by atoms with Crippen molar-refractivity contribution in [2.24, 2.45) is 0 Å². The number of benzene rings is 1. The summed E-state index contributed by atoms with van der Waals surface area (Å²) in [6.07, 6.45) is 2.05. The van der Waals surface area contributed by atoms with Gasteiger partial charge in [-0.3, -0.25) is 0 Å². The van der Waals surface area contributed by atoms with Crippen LogP contribution in [0.15, 0.2) is 18.2 Å². The van der Waals surface area contributed by atoms with E-state index >= 15 is 0 Å². The minimum absolute atomic E-state index is 0.350. The lowest BCUT2D eigenvalue weighted by atomic mass is 9.79. The van der Waals surface area contributed by atoms with Crippen LogP contribution in [0, 0.1) is 0 Å². The Labute approximate surface area is 136 Å². The van der Waals surface area contributed by atoms with Gasteiger partial charge < -0.3 is 14.0 Å². The molecule has 0 amide bonds. The van der Waals surface area contributed by atoms with Crippen molar-refractivity contribution in [3.05, 3.63) is 23.2 Å². The Hall–Kier alpha value is -0.355. The second-order valence-electron chi connectivity index (χ2n) is 6.12. The van der Waals surface area contributed by atoms with E-state index in [4.69, 9.17) is 25.6 Å². The average Bonchev–Trinajstić information content (AvgIpc) is 2.61. The largest absolute Gasteiger partial charge is 0.494 e. The summed E-state index contributed by atoms with van der Waals surface area (Å²) in [5.41, 5.74) is 0.228.